The first-order valence-corrected chi connectivity index (χ1v) is 9.41. The van der Waals surface area contributed by atoms with Gasteiger partial charge in [0.25, 0.3) is 0 Å². The fourth-order valence-corrected chi connectivity index (χ4v) is 2.99. The van der Waals surface area contributed by atoms with E-state index < -0.39 is 11.6 Å². The highest BCUT2D eigenvalue weighted by atomic mass is 17.2. The highest BCUT2D eigenvalue weighted by Crippen LogP contribution is 2.22. The van der Waals surface area contributed by atoms with Crippen LogP contribution in [0, 0.1) is 13.8 Å². The molecule has 4 rings (SSSR count). The molecule has 7 heteroatoms. The molecule has 0 saturated carbocycles. The second-order valence-corrected chi connectivity index (χ2v) is 6.80. The molecule has 0 unspecified atom stereocenters. The first kappa shape index (κ1) is 19.6. The van der Waals surface area contributed by atoms with Crippen LogP contribution in [0.25, 0.3) is 22.4 Å². The molecule has 2 aromatic carbocycles. The fraction of sp³-hybridized carbons (Fsp3) is 0.174. The third-order valence-corrected chi connectivity index (χ3v) is 4.62. The van der Waals surface area contributed by atoms with E-state index >= 15 is 0 Å². The molecule has 7 nitrogen and oxygen atoms in total. The Kier molecular flexibility index (Phi) is 5.45. The molecule has 30 heavy (non-hydrogen) atoms. The van der Waals surface area contributed by atoms with Crippen molar-refractivity contribution in [2.24, 2.45) is 0 Å². The number of nitrogens with zero attached hydrogens (tertiary/aromatic N) is 1. The van der Waals surface area contributed by atoms with Gasteiger partial charge in [-0.2, -0.15) is 4.89 Å². The summed E-state index contributed by atoms with van der Waals surface area (Å²) in [6.07, 6.45) is 0.418. The second-order valence-electron chi connectivity index (χ2n) is 6.80. The minimum atomic E-state index is -0.679. The summed E-state index contributed by atoms with van der Waals surface area (Å²) in [5, 5.41) is 0.722. The minimum Gasteiger partial charge on any atom is -0.441 e. The Balaban J connectivity index is 1.35. The van der Waals surface area contributed by atoms with Gasteiger partial charge in [-0.25, -0.2) is 14.6 Å². The number of carbonyl (C=O) groups excluding carboxylic acids is 1. The molecule has 4 aromatic rings. The van der Waals surface area contributed by atoms with Crippen molar-refractivity contribution in [2.75, 3.05) is 6.61 Å². The first-order chi connectivity index (χ1) is 14.5. The summed E-state index contributed by atoms with van der Waals surface area (Å²) in [7, 11) is 0. The number of aryl methyl sites for hydroxylation is 2. The van der Waals surface area contributed by atoms with Crippen LogP contribution in [0.2, 0.25) is 0 Å². The third-order valence-electron chi connectivity index (χ3n) is 4.62. The predicted octanol–water partition coefficient (Wildman–Crippen LogP) is 4.40. The smallest absolute Gasteiger partial charge is 0.373 e. The molecule has 0 amide bonds. The maximum absolute atomic E-state index is 12.2. The van der Waals surface area contributed by atoms with E-state index in [2.05, 4.69) is 4.98 Å². The number of aromatic nitrogens is 1. The summed E-state index contributed by atoms with van der Waals surface area (Å²) in [6, 6.07) is 16.0. The molecule has 0 aliphatic heterocycles. The van der Waals surface area contributed by atoms with Crippen LogP contribution >= 0.6 is 0 Å². The van der Waals surface area contributed by atoms with E-state index in [9.17, 15) is 9.59 Å². The molecule has 0 saturated heterocycles. The Morgan fingerprint density at radius 3 is 2.63 bits per heavy atom. The van der Waals surface area contributed by atoms with Gasteiger partial charge in [-0.3, -0.25) is 4.89 Å². The summed E-state index contributed by atoms with van der Waals surface area (Å²) < 4.78 is 10.9. The molecule has 0 aliphatic rings. The number of fused-ring (bicyclic) bond motifs is 1. The monoisotopic (exact) mass is 405 g/mol. The average Bonchev–Trinajstić information content (AvgIpc) is 3.13. The summed E-state index contributed by atoms with van der Waals surface area (Å²) in [6.45, 7) is 3.61. The van der Waals surface area contributed by atoms with Crippen LogP contribution < -0.4 is 5.63 Å². The largest absolute Gasteiger partial charge is 0.441 e. The van der Waals surface area contributed by atoms with E-state index in [4.69, 9.17) is 18.6 Å². The van der Waals surface area contributed by atoms with Crippen LogP contribution in [0.1, 0.15) is 27.4 Å². The van der Waals surface area contributed by atoms with Gasteiger partial charge in [-0.05, 0) is 44.2 Å². The van der Waals surface area contributed by atoms with Crippen molar-refractivity contribution >= 4 is 16.9 Å². The molecule has 0 N–H and O–H groups in total. The van der Waals surface area contributed by atoms with Gasteiger partial charge < -0.3 is 8.83 Å². The molecule has 0 aliphatic carbocycles. The number of benzene rings is 2. The van der Waals surface area contributed by atoms with Crippen LogP contribution in [0.4, 0.5) is 0 Å². The van der Waals surface area contributed by atoms with Gasteiger partial charge in [0, 0.05) is 22.9 Å². The fourth-order valence-electron chi connectivity index (χ4n) is 2.99. The molecule has 0 radical (unpaired) electrons. The first-order valence-electron chi connectivity index (χ1n) is 9.41. The number of rotatable bonds is 6. The van der Waals surface area contributed by atoms with Gasteiger partial charge in [0.15, 0.2) is 0 Å². The Labute approximate surface area is 171 Å². The quantitative estimate of drug-likeness (QED) is 0.203. The number of oxazole rings is 1. The molecule has 0 bridgehead atoms. The highest BCUT2D eigenvalue weighted by molar-refractivity contribution is 5.93. The SMILES string of the molecule is Cc1oc(-c2ccccc2)nc1CCOOC(=O)c1ccc2cc(C)c(=O)oc2c1. The number of hydrogen-bond acceptors (Lipinski definition) is 7. The molecule has 2 heterocycles. The number of carbonyl (C=O) groups is 1. The summed E-state index contributed by atoms with van der Waals surface area (Å²) in [4.78, 5) is 38.3. The maximum atomic E-state index is 12.2. The van der Waals surface area contributed by atoms with E-state index in [1.165, 1.54) is 6.07 Å². The van der Waals surface area contributed by atoms with Crippen molar-refractivity contribution in [1.29, 1.82) is 0 Å². The molecule has 0 fully saturated rings. The summed E-state index contributed by atoms with van der Waals surface area (Å²) in [5.41, 5.74) is 2.21. The second kappa shape index (κ2) is 8.34. The predicted molar refractivity (Wildman–Crippen MR) is 109 cm³/mol. The Hall–Kier alpha value is -3.71. The third kappa shape index (κ3) is 4.16. The molecule has 152 valence electrons. The topological polar surface area (TPSA) is 91.8 Å². The zero-order chi connectivity index (χ0) is 21.1. The van der Waals surface area contributed by atoms with Crippen LogP contribution in [0.5, 0.6) is 0 Å². The average molecular weight is 405 g/mol. The van der Waals surface area contributed by atoms with Gasteiger partial charge in [-0.15, -0.1) is 0 Å². The van der Waals surface area contributed by atoms with Crippen LogP contribution in [-0.2, 0) is 16.2 Å². The zero-order valence-electron chi connectivity index (χ0n) is 16.5. The lowest BCUT2D eigenvalue weighted by Crippen LogP contribution is -2.09. The highest BCUT2D eigenvalue weighted by Gasteiger charge is 2.14. The van der Waals surface area contributed by atoms with Crippen LogP contribution in [0.15, 0.2) is 68.2 Å². The van der Waals surface area contributed by atoms with Gasteiger partial charge >= 0.3 is 11.6 Å². The minimum absolute atomic E-state index is 0.120. The zero-order valence-corrected chi connectivity index (χ0v) is 16.5. The maximum Gasteiger partial charge on any atom is 0.373 e. The van der Waals surface area contributed by atoms with Gasteiger partial charge in [0.05, 0.1) is 17.9 Å². The Bertz CT molecular complexity index is 1260. The van der Waals surface area contributed by atoms with E-state index in [1.54, 1.807) is 25.1 Å². The Morgan fingerprint density at radius 2 is 1.83 bits per heavy atom. The summed E-state index contributed by atoms with van der Waals surface area (Å²) >= 11 is 0. The van der Waals surface area contributed by atoms with Crippen molar-refractivity contribution < 1.29 is 23.4 Å². The van der Waals surface area contributed by atoms with E-state index in [1.807, 2.05) is 37.3 Å². The molecule has 0 atom stereocenters. The van der Waals surface area contributed by atoms with Crippen molar-refractivity contribution in [3.8, 4) is 11.5 Å². The normalized spacial score (nSPS) is 11.0. The molecular weight excluding hydrogens is 386 g/mol. The molecule has 0 spiro atoms. The lowest BCUT2D eigenvalue weighted by Gasteiger charge is -2.04. The standard InChI is InChI=1S/C23H19NO6/c1-14-12-17-8-9-18(13-20(17)29-22(14)25)23(26)30-27-11-10-19-15(2)28-21(24-19)16-6-4-3-5-7-16/h3-9,12-13H,10-11H2,1-2H3. The van der Waals surface area contributed by atoms with E-state index in [0.717, 1.165) is 16.6 Å². The number of hydrogen-bond donors (Lipinski definition) is 0. The Morgan fingerprint density at radius 1 is 1.03 bits per heavy atom. The van der Waals surface area contributed by atoms with Gasteiger partial charge in [-0.1, -0.05) is 24.3 Å². The van der Waals surface area contributed by atoms with Crippen molar-refractivity contribution in [3.05, 3.63) is 87.6 Å². The van der Waals surface area contributed by atoms with Crippen molar-refractivity contribution in [3.63, 3.8) is 0 Å². The van der Waals surface area contributed by atoms with Crippen LogP contribution in [0.3, 0.4) is 0 Å². The molecular formula is C23H19NO6. The molecule has 2 aromatic heterocycles. The lowest BCUT2D eigenvalue weighted by atomic mass is 10.1. The van der Waals surface area contributed by atoms with Gasteiger partial charge in [0.1, 0.15) is 11.3 Å². The lowest BCUT2D eigenvalue weighted by molar-refractivity contribution is -0.240. The summed E-state index contributed by atoms with van der Waals surface area (Å²) in [5.74, 6) is 0.540. The van der Waals surface area contributed by atoms with Crippen molar-refractivity contribution in [1.82, 2.24) is 4.98 Å². The van der Waals surface area contributed by atoms with Gasteiger partial charge in [0.2, 0.25) is 5.89 Å². The van der Waals surface area contributed by atoms with E-state index in [-0.39, 0.29) is 12.2 Å². The van der Waals surface area contributed by atoms with E-state index in [0.29, 0.717) is 29.2 Å². The van der Waals surface area contributed by atoms with Crippen LogP contribution in [-0.4, -0.2) is 17.6 Å². The van der Waals surface area contributed by atoms with Crippen molar-refractivity contribution in [2.45, 2.75) is 20.3 Å².